The van der Waals surface area contributed by atoms with Crippen LogP contribution < -0.4 is 10.6 Å². The summed E-state index contributed by atoms with van der Waals surface area (Å²) in [6.07, 6.45) is 3.25. The van der Waals surface area contributed by atoms with Gasteiger partial charge in [0, 0.05) is 39.4 Å². The van der Waals surface area contributed by atoms with Crippen molar-refractivity contribution in [2.24, 2.45) is 4.99 Å². The maximum absolute atomic E-state index is 5.35. The summed E-state index contributed by atoms with van der Waals surface area (Å²) < 4.78 is 5.35. The van der Waals surface area contributed by atoms with E-state index in [9.17, 15) is 0 Å². The Balaban J connectivity index is 0.00000625. The van der Waals surface area contributed by atoms with Crippen molar-refractivity contribution in [1.82, 2.24) is 15.5 Å². The minimum absolute atomic E-state index is 0. The predicted molar refractivity (Wildman–Crippen MR) is 123 cm³/mol. The Labute approximate surface area is 177 Å². The van der Waals surface area contributed by atoms with Crippen LogP contribution in [0.15, 0.2) is 35.3 Å². The summed E-state index contributed by atoms with van der Waals surface area (Å²) in [5, 5.41) is 6.70. The zero-order valence-corrected chi connectivity index (χ0v) is 19.0. The molecule has 1 rings (SSSR count). The molecule has 0 spiro atoms. The van der Waals surface area contributed by atoms with Crippen LogP contribution in [0, 0.1) is 0 Å². The minimum Gasteiger partial charge on any atom is -0.382 e. The van der Waals surface area contributed by atoms with E-state index in [0.717, 1.165) is 71.2 Å². The minimum atomic E-state index is 0. The van der Waals surface area contributed by atoms with Gasteiger partial charge < -0.3 is 20.3 Å². The summed E-state index contributed by atoms with van der Waals surface area (Å²) in [5.41, 5.74) is 1.36. The first-order valence-corrected chi connectivity index (χ1v) is 9.58. The molecule has 6 heteroatoms. The van der Waals surface area contributed by atoms with Gasteiger partial charge in [0.05, 0.1) is 0 Å². The summed E-state index contributed by atoms with van der Waals surface area (Å²) in [7, 11) is 2.17. The van der Waals surface area contributed by atoms with E-state index < -0.39 is 0 Å². The van der Waals surface area contributed by atoms with Crippen LogP contribution in [0.5, 0.6) is 0 Å². The van der Waals surface area contributed by atoms with E-state index in [4.69, 9.17) is 4.74 Å². The van der Waals surface area contributed by atoms with Gasteiger partial charge in [-0.3, -0.25) is 4.99 Å². The SMILES string of the molecule is CCNC(=NCCCN(C)Cc1ccccc1)NCCCCOCC.I. The molecule has 0 aromatic heterocycles. The number of ether oxygens (including phenoxy) is 1. The van der Waals surface area contributed by atoms with Gasteiger partial charge in [0.1, 0.15) is 0 Å². The third-order valence-electron chi connectivity index (χ3n) is 3.82. The van der Waals surface area contributed by atoms with Gasteiger partial charge in [0.15, 0.2) is 5.96 Å². The standard InChI is InChI=1S/C20H36N4O.HI/c1-4-21-20(22-14-9-10-17-25-5-2)23-15-11-16-24(3)18-19-12-7-6-8-13-19;/h6-8,12-13H,4-5,9-11,14-18H2,1-3H3,(H2,21,22,23);1H. The largest absolute Gasteiger partial charge is 0.382 e. The summed E-state index contributed by atoms with van der Waals surface area (Å²) in [6.45, 7) is 10.5. The van der Waals surface area contributed by atoms with Gasteiger partial charge in [0.25, 0.3) is 0 Å². The lowest BCUT2D eigenvalue weighted by Crippen LogP contribution is -2.38. The molecule has 1 aromatic rings. The molecule has 0 aliphatic heterocycles. The van der Waals surface area contributed by atoms with Gasteiger partial charge in [0.2, 0.25) is 0 Å². The number of nitrogens with one attached hydrogen (secondary N) is 2. The van der Waals surface area contributed by atoms with E-state index in [1.54, 1.807) is 0 Å². The van der Waals surface area contributed by atoms with Gasteiger partial charge in [-0.05, 0) is 52.3 Å². The topological polar surface area (TPSA) is 48.9 Å². The van der Waals surface area contributed by atoms with Crippen molar-refractivity contribution < 1.29 is 4.74 Å². The second-order valence-corrected chi connectivity index (χ2v) is 6.17. The Kier molecular flexibility index (Phi) is 17.0. The van der Waals surface area contributed by atoms with Crippen molar-refractivity contribution in [2.75, 3.05) is 46.4 Å². The van der Waals surface area contributed by atoms with Gasteiger partial charge in [-0.1, -0.05) is 30.3 Å². The average molecular weight is 476 g/mol. The molecule has 1 aromatic carbocycles. The molecule has 0 aliphatic rings. The second kappa shape index (κ2) is 17.5. The van der Waals surface area contributed by atoms with Crippen LogP contribution >= 0.6 is 24.0 Å². The number of unbranched alkanes of at least 4 members (excludes halogenated alkanes) is 1. The lowest BCUT2D eigenvalue weighted by Gasteiger charge is -2.16. The molecule has 0 fully saturated rings. The molecule has 0 aliphatic carbocycles. The fourth-order valence-electron chi connectivity index (χ4n) is 2.53. The Morgan fingerprint density at radius 3 is 2.54 bits per heavy atom. The summed E-state index contributed by atoms with van der Waals surface area (Å²) in [5.74, 6) is 0.921. The Bertz CT molecular complexity index is 456. The van der Waals surface area contributed by atoms with E-state index in [-0.39, 0.29) is 24.0 Å². The third-order valence-corrected chi connectivity index (χ3v) is 3.82. The zero-order valence-electron chi connectivity index (χ0n) is 16.7. The maximum Gasteiger partial charge on any atom is 0.191 e. The zero-order chi connectivity index (χ0) is 18.2. The highest BCUT2D eigenvalue weighted by atomic mass is 127. The Morgan fingerprint density at radius 1 is 1.08 bits per heavy atom. The highest BCUT2D eigenvalue weighted by Gasteiger charge is 2.00. The van der Waals surface area contributed by atoms with Crippen LogP contribution in [-0.2, 0) is 11.3 Å². The first kappa shape index (κ1) is 25.1. The summed E-state index contributed by atoms with van der Waals surface area (Å²) in [6, 6.07) is 10.6. The van der Waals surface area contributed by atoms with Crippen molar-refractivity contribution in [3.63, 3.8) is 0 Å². The molecule has 26 heavy (non-hydrogen) atoms. The molecule has 150 valence electrons. The first-order valence-electron chi connectivity index (χ1n) is 9.58. The number of hydrogen-bond donors (Lipinski definition) is 2. The Hall–Kier alpha value is -0.860. The smallest absolute Gasteiger partial charge is 0.191 e. The van der Waals surface area contributed by atoms with Crippen LogP contribution in [0.3, 0.4) is 0 Å². The van der Waals surface area contributed by atoms with Gasteiger partial charge in [-0.25, -0.2) is 0 Å². The molecule has 0 saturated carbocycles. The van der Waals surface area contributed by atoms with Gasteiger partial charge >= 0.3 is 0 Å². The molecule has 0 atom stereocenters. The number of halogens is 1. The average Bonchev–Trinajstić information content (AvgIpc) is 2.62. The quantitative estimate of drug-likeness (QED) is 0.198. The Morgan fingerprint density at radius 2 is 1.85 bits per heavy atom. The second-order valence-electron chi connectivity index (χ2n) is 6.17. The van der Waals surface area contributed by atoms with Crippen molar-refractivity contribution in [1.29, 1.82) is 0 Å². The van der Waals surface area contributed by atoms with E-state index >= 15 is 0 Å². The number of guanidine groups is 1. The fourth-order valence-corrected chi connectivity index (χ4v) is 2.53. The fraction of sp³-hybridized carbons (Fsp3) is 0.650. The van der Waals surface area contributed by atoms with Crippen LogP contribution in [0.2, 0.25) is 0 Å². The number of rotatable bonds is 13. The first-order chi connectivity index (χ1) is 12.3. The molecule has 0 heterocycles. The molecule has 0 saturated heterocycles. The lowest BCUT2D eigenvalue weighted by atomic mass is 10.2. The van der Waals surface area contributed by atoms with E-state index in [1.807, 2.05) is 6.92 Å². The number of benzene rings is 1. The third kappa shape index (κ3) is 13.4. The number of hydrogen-bond acceptors (Lipinski definition) is 3. The van der Waals surface area contributed by atoms with Crippen LogP contribution in [0.1, 0.15) is 38.7 Å². The van der Waals surface area contributed by atoms with Crippen LogP contribution in [-0.4, -0.2) is 57.3 Å². The summed E-state index contributed by atoms with van der Waals surface area (Å²) in [4.78, 5) is 7.01. The van der Waals surface area contributed by atoms with Crippen LogP contribution in [0.25, 0.3) is 0 Å². The van der Waals surface area contributed by atoms with E-state index in [2.05, 4.69) is 64.8 Å². The highest BCUT2D eigenvalue weighted by Crippen LogP contribution is 2.02. The molecular weight excluding hydrogens is 439 g/mol. The number of nitrogens with zero attached hydrogens (tertiary/aromatic N) is 2. The van der Waals surface area contributed by atoms with Crippen LogP contribution in [0.4, 0.5) is 0 Å². The van der Waals surface area contributed by atoms with Crippen molar-refractivity contribution in [3.8, 4) is 0 Å². The van der Waals surface area contributed by atoms with Crippen molar-refractivity contribution in [2.45, 2.75) is 39.7 Å². The highest BCUT2D eigenvalue weighted by molar-refractivity contribution is 14.0. The van der Waals surface area contributed by atoms with Crippen molar-refractivity contribution in [3.05, 3.63) is 35.9 Å². The predicted octanol–water partition coefficient (Wildman–Crippen LogP) is 3.50. The lowest BCUT2D eigenvalue weighted by molar-refractivity contribution is 0.143. The molecule has 5 nitrogen and oxygen atoms in total. The maximum atomic E-state index is 5.35. The molecule has 0 amide bonds. The molecule has 2 N–H and O–H groups in total. The monoisotopic (exact) mass is 476 g/mol. The molecular formula is C20H37IN4O. The molecule has 0 radical (unpaired) electrons. The van der Waals surface area contributed by atoms with E-state index in [0.29, 0.717) is 0 Å². The molecule has 0 bridgehead atoms. The normalized spacial score (nSPS) is 11.3. The van der Waals surface area contributed by atoms with E-state index in [1.165, 1.54) is 5.56 Å². The summed E-state index contributed by atoms with van der Waals surface area (Å²) >= 11 is 0. The van der Waals surface area contributed by atoms with Gasteiger partial charge in [-0.2, -0.15) is 0 Å². The van der Waals surface area contributed by atoms with Gasteiger partial charge in [-0.15, -0.1) is 24.0 Å². The number of aliphatic imine (C=N–C) groups is 1. The molecule has 0 unspecified atom stereocenters. The van der Waals surface area contributed by atoms with Crippen molar-refractivity contribution >= 4 is 29.9 Å².